The van der Waals surface area contributed by atoms with Crippen molar-refractivity contribution in [3.8, 4) is 5.75 Å². The molecule has 1 aliphatic carbocycles. The third-order valence-electron chi connectivity index (χ3n) is 5.26. The Kier molecular flexibility index (Phi) is 5.35. The van der Waals surface area contributed by atoms with E-state index < -0.39 is 11.9 Å². The Morgan fingerprint density at radius 1 is 1.19 bits per heavy atom. The van der Waals surface area contributed by atoms with Crippen LogP contribution in [0.25, 0.3) is 0 Å². The number of aryl methyl sites for hydroxylation is 1. The predicted octanol–water partition coefficient (Wildman–Crippen LogP) is 3.01. The molecular weight excluding hydrogens is 344 g/mol. The second-order valence-corrected chi connectivity index (χ2v) is 7.86. The number of likely N-dealkylation sites (tertiary alicyclic amines) is 1. The van der Waals surface area contributed by atoms with Crippen molar-refractivity contribution in [2.45, 2.75) is 46.1 Å². The number of hydrogen-bond acceptors (Lipinski definition) is 4. The minimum Gasteiger partial charge on any atom is -0.506 e. The molecule has 0 saturated carbocycles. The Morgan fingerprint density at radius 3 is 2.30 bits per heavy atom. The molecule has 1 aromatic rings. The fraction of sp³-hybridized carbons (Fsp3) is 0.476. The highest BCUT2D eigenvalue weighted by atomic mass is 16.3. The van der Waals surface area contributed by atoms with Crippen LogP contribution in [-0.2, 0) is 14.4 Å². The number of carbonyl (C=O) groups is 3. The van der Waals surface area contributed by atoms with Crippen LogP contribution in [-0.4, -0.2) is 33.8 Å². The van der Waals surface area contributed by atoms with E-state index in [1.165, 1.54) is 4.90 Å². The first kappa shape index (κ1) is 19.1. The van der Waals surface area contributed by atoms with E-state index in [1.807, 2.05) is 32.9 Å². The van der Waals surface area contributed by atoms with E-state index in [-0.39, 0.29) is 41.0 Å². The van der Waals surface area contributed by atoms with Gasteiger partial charge < -0.3 is 10.4 Å². The summed E-state index contributed by atoms with van der Waals surface area (Å²) >= 11 is 0. The van der Waals surface area contributed by atoms with Gasteiger partial charge in [0.25, 0.3) is 0 Å². The molecule has 3 rings (SSSR count). The smallest absolute Gasteiger partial charge is 0.247 e. The van der Waals surface area contributed by atoms with Crippen LogP contribution in [0.2, 0.25) is 0 Å². The summed E-state index contributed by atoms with van der Waals surface area (Å²) in [7, 11) is 0. The molecular formula is C21H26N2O4. The van der Waals surface area contributed by atoms with Crippen molar-refractivity contribution in [2.24, 2.45) is 17.8 Å². The minimum absolute atomic E-state index is 0.0383. The highest BCUT2D eigenvalue weighted by Crippen LogP contribution is 2.37. The van der Waals surface area contributed by atoms with Crippen molar-refractivity contribution >= 4 is 23.4 Å². The number of imide groups is 1. The van der Waals surface area contributed by atoms with Crippen molar-refractivity contribution in [3.05, 3.63) is 35.9 Å². The molecule has 144 valence electrons. The topological polar surface area (TPSA) is 86.7 Å². The van der Waals surface area contributed by atoms with Gasteiger partial charge in [-0.15, -0.1) is 0 Å². The molecule has 1 saturated heterocycles. The standard InChI is InChI=1S/C21H26N2O4/c1-12(2)10-17(19(25)22-16-9-8-13(3)11-18(16)24)23-20(26)14-6-4-5-7-15(14)21(23)27/h4-5,8-9,11-12,14-15,17,24H,6-7,10H2,1-3H3,(H,22,25)/t14-,15-,17+/m0/s1. The van der Waals surface area contributed by atoms with Crippen LogP contribution in [0.1, 0.15) is 38.7 Å². The molecule has 2 aliphatic rings. The Labute approximate surface area is 159 Å². The quantitative estimate of drug-likeness (QED) is 0.474. The van der Waals surface area contributed by atoms with Crippen molar-refractivity contribution in [1.82, 2.24) is 4.90 Å². The van der Waals surface area contributed by atoms with Gasteiger partial charge in [0, 0.05) is 0 Å². The molecule has 6 nitrogen and oxygen atoms in total. The molecule has 1 aliphatic heterocycles. The van der Waals surface area contributed by atoms with Gasteiger partial charge in [0.2, 0.25) is 17.7 Å². The van der Waals surface area contributed by atoms with Gasteiger partial charge >= 0.3 is 0 Å². The maximum Gasteiger partial charge on any atom is 0.247 e. The lowest BCUT2D eigenvalue weighted by Gasteiger charge is -2.27. The summed E-state index contributed by atoms with van der Waals surface area (Å²) in [4.78, 5) is 39.9. The second kappa shape index (κ2) is 7.55. The summed E-state index contributed by atoms with van der Waals surface area (Å²) in [6.45, 7) is 5.73. The van der Waals surface area contributed by atoms with Gasteiger partial charge in [-0.2, -0.15) is 0 Å². The summed E-state index contributed by atoms with van der Waals surface area (Å²) in [5, 5.41) is 12.8. The van der Waals surface area contributed by atoms with Crippen LogP contribution in [0.5, 0.6) is 5.75 Å². The number of allylic oxidation sites excluding steroid dienone is 2. The number of phenolic OH excluding ortho intramolecular Hbond substituents is 1. The third-order valence-corrected chi connectivity index (χ3v) is 5.26. The summed E-state index contributed by atoms with van der Waals surface area (Å²) in [6, 6.07) is 4.07. The molecule has 0 radical (unpaired) electrons. The van der Waals surface area contributed by atoms with Crippen molar-refractivity contribution in [3.63, 3.8) is 0 Å². The lowest BCUT2D eigenvalue weighted by atomic mass is 9.85. The number of nitrogens with one attached hydrogen (secondary N) is 1. The zero-order valence-electron chi connectivity index (χ0n) is 15.9. The first-order valence-electron chi connectivity index (χ1n) is 9.42. The number of nitrogens with zero attached hydrogens (tertiary/aromatic N) is 1. The van der Waals surface area contributed by atoms with E-state index in [1.54, 1.807) is 18.2 Å². The van der Waals surface area contributed by atoms with E-state index in [4.69, 9.17) is 0 Å². The zero-order chi connectivity index (χ0) is 19.7. The van der Waals surface area contributed by atoms with E-state index in [0.29, 0.717) is 19.3 Å². The van der Waals surface area contributed by atoms with E-state index in [2.05, 4.69) is 5.32 Å². The van der Waals surface area contributed by atoms with Crippen LogP contribution in [0.15, 0.2) is 30.4 Å². The molecule has 27 heavy (non-hydrogen) atoms. The van der Waals surface area contributed by atoms with Gasteiger partial charge in [-0.3, -0.25) is 19.3 Å². The maximum absolute atomic E-state index is 13.0. The number of fused-ring (bicyclic) bond motifs is 1. The second-order valence-electron chi connectivity index (χ2n) is 7.86. The van der Waals surface area contributed by atoms with E-state index in [9.17, 15) is 19.5 Å². The van der Waals surface area contributed by atoms with Crippen LogP contribution in [0, 0.1) is 24.7 Å². The molecule has 3 atom stereocenters. The molecule has 0 bridgehead atoms. The number of rotatable bonds is 5. The third kappa shape index (κ3) is 3.75. The molecule has 1 aromatic carbocycles. The van der Waals surface area contributed by atoms with Gasteiger partial charge in [0.05, 0.1) is 17.5 Å². The van der Waals surface area contributed by atoms with Gasteiger partial charge in [0.15, 0.2) is 0 Å². The summed E-state index contributed by atoms with van der Waals surface area (Å²) in [5.74, 6) is -1.62. The summed E-state index contributed by atoms with van der Waals surface area (Å²) in [5.41, 5.74) is 1.14. The lowest BCUT2D eigenvalue weighted by molar-refractivity contribution is -0.147. The SMILES string of the molecule is Cc1ccc(NC(=O)[C@@H](CC(C)C)N2C(=O)[C@H]3CC=CC[C@@H]3C2=O)c(O)c1. The first-order chi connectivity index (χ1) is 12.8. The molecule has 0 unspecified atom stereocenters. The number of hydrogen-bond donors (Lipinski definition) is 2. The number of phenols is 1. The molecule has 6 heteroatoms. The molecule has 2 N–H and O–H groups in total. The van der Waals surface area contributed by atoms with E-state index in [0.717, 1.165) is 5.56 Å². The monoisotopic (exact) mass is 370 g/mol. The van der Waals surface area contributed by atoms with Crippen molar-refractivity contribution in [2.75, 3.05) is 5.32 Å². The van der Waals surface area contributed by atoms with Gasteiger partial charge in [-0.25, -0.2) is 0 Å². The number of aromatic hydroxyl groups is 1. The first-order valence-corrected chi connectivity index (χ1v) is 9.42. The Morgan fingerprint density at radius 2 is 1.78 bits per heavy atom. The van der Waals surface area contributed by atoms with Crippen LogP contribution < -0.4 is 5.32 Å². The fourth-order valence-corrected chi connectivity index (χ4v) is 3.87. The van der Waals surface area contributed by atoms with Crippen LogP contribution in [0.3, 0.4) is 0 Å². The van der Waals surface area contributed by atoms with Gasteiger partial charge in [-0.05, 0) is 49.8 Å². The Bertz CT molecular complexity index is 773. The molecule has 0 aromatic heterocycles. The predicted molar refractivity (Wildman–Crippen MR) is 102 cm³/mol. The molecule has 1 fully saturated rings. The number of anilines is 1. The van der Waals surface area contributed by atoms with Gasteiger partial charge in [-0.1, -0.05) is 32.1 Å². The zero-order valence-corrected chi connectivity index (χ0v) is 15.9. The Hall–Kier alpha value is -2.63. The number of amides is 3. The van der Waals surface area contributed by atoms with E-state index >= 15 is 0 Å². The van der Waals surface area contributed by atoms with Crippen LogP contribution in [0.4, 0.5) is 5.69 Å². The lowest BCUT2D eigenvalue weighted by Crippen LogP contribution is -2.48. The van der Waals surface area contributed by atoms with Crippen molar-refractivity contribution in [1.29, 1.82) is 0 Å². The normalized spacial score (nSPS) is 22.9. The Balaban J connectivity index is 1.86. The minimum atomic E-state index is -0.878. The molecule has 1 heterocycles. The average Bonchev–Trinajstić information content (AvgIpc) is 2.86. The highest BCUT2D eigenvalue weighted by molar-refractivity contribution is 6.10. The van der Waals surface area contributed by atoms with Gasteiger partial charge in [0.1, 0.15) is 11.8 Å². The summed E-state index contributed by atoms with van der Waals surface area (Å²) < 4.78 is 0. The largest absolute Gasteiger partial charge is 0.506 e. The number of benzene rings is 1. The number of carbonyl (C=O) groups excluding carboxylic acids is 3. The van der Waals surface area contributed by atoms with Crippen LogP contribution >= 0.6 is 0 Å². The highest BCUT2D eigenvalue weighted by Gasteiger charge is 2.51. The van der Waals surface area contributed by atoms with Crippen molar-refractivity contribution < 1.29 is 19.5 Å². The maximum atomic E-state index is 13.0. The molecule has 3 amide bonds. The molecule has 0 spiro atoms. The summed E-state index contributed by atoms with van der Waals surface area (Å²) in [6.07, 6.45) is 5.32. The average molecular weight is 370 g/mol. The fourth-order valence-electron chi connectivity index (χ4n) is 3.87.